The first-order valence-corrected chi connectivity index (χ1v) is 8.33. The number of ether oxygens (including phenoxy) is 6. The van der Waals surface area contributed by atoms with E-state index in [-0.39, 0.29) is 30.3 Å². The van der Waals surface area contributed by atoms with Crippen LogP contribution >= 0.6 is 0 Å². The van der Waals surface area contributed by atoms with Gasteiger partial charge in [0.2, 0.25) is 24.1 Å². The van der Waals surface area contributed by atoms with Crippen molar-refractivity contribution in [3.05, 3.63) is 35.4 Å². The lowest BCUT2D eigenvalue weighted by molar-refractivity contribution is -0.0804. The SMILES string of the molecule is COc1ccc2c(c1)O[C@@H]1COc3c(cc(OC)c4c3OCO4)[C@]1(O)C2=O. The summed E-state index contributed by atoms with van der Waals surface area (Å²) >= 11 is 0. The summed E-state index contributed by atoms with van der Waals surface area (Å²) in [6, 6.07) is 6.36. The molecule has 1 N–H and O–H groups in total. The van der Waals surface area contributed by atoms with Crippen molar-refractivity contribution in [2.24, 2.45) is 0 Å². The summed E-state index contributed by atoms with van der Waals surface area (Å²) in [5.74, 6) is 1.70. The molecule has 0 amide bonds. The number of fused-ring (bicyclic) bond motifs is 6. The molecule has 140 valence electrons. The fourth-order valence-electron chi connectivity index (χ4n) is 3.71. The Balaban J connectivity index is 1.71. The highest BCUT2D eigenvalue weighted by molar-refractivity contribution is 6.07. The first-order chi connectivity index (χ1) is 13.1. The Morgan fingerprint density at radius 2 is 1.89 bits per heavy atom. The van der Waals surface area contributed by atoms with E-state index in [0.29, 0.717) is 28.7 Å². The molecule has 0 radical (unpaired) electrons. The summed E-state index contributed by atoms with van der Waals surface area (Å²) in [5, 5.41) is 11.5. The van der Waals surface area contributed by atoms with E-state index in [9.17, 15) is 9.90 Å². The Morgan fingerprint density at radius 1 is 1.07 bits per heavy atom. The fraction of sp³-hybridized carbons (Fsp3) is 0.316. The van der Waals surface area contributed by atoms with E-state index < -0.39 is 17.5 Å². The van der Waals surface area contributed by atoms with E-state index in [1.807, 2.05) is 0 Å². The molecule has 3 heterocycles. The number of hydrogen-bond donors (Lipinski definition) is 1. The van der Waals surface area contributed by atoms with Gasteiger partial charge in [0.1, 0.15) is 18.1 Å². The minimum absolute atomic E-state index is 0.000435. The molecule has 8 nitrogen and oxygen atoms in total. The Kier molecular flexibility index (Phi) is 3.23. The molecular formula is C19H16O8. The van der Waals surface area contributed by atoms with Gasteiger partial charge in [0, 0.05) is 11.6 Å². The Morgan fingerprint density at radius 3 is 2.67 bits per heavy atom. The Labute approximate surface area is 154 Å². The van der Waals surface area contributed by atoms with E-state index in [0.717, 1.165) is 0 Å². The van der Waals surface area contributed by atoms with Crippen molar-refractivity contribution in [2.75, 3.05) is 27.6 Å². The number of rotatable bonds is 2. The minimum Gasteiger partial charge on any atom is -0.497 e. The smallest absolute Gasteiger partial charge is 0.231 e. The molecule has 27 heavy (non-hydrogen) atoms. The van der Waals surface area contributed by atoms with Gasteiger partial charge in [-0.05, 0) is 18.2 Å². The first-order valence-electron chi connectivity index (χ1n) is 8.33. The molecule has 5 rings (SSSR count). The highest BCUT2D eigenvalue weighted by atomic mass is 16.7. The third-order valence-corrected chi connectivity index (χ3v) is 5.09. The van der Waals surface area contributed by atoms with Gasteiger partial charge in [0.05, 0.1) is 19.8 Å². The van der Waals surface area contributed by atoms with Crippen LogP contribution < -0.4 is 28.4 Å². The topological polar surface area (TPSA) is 92.7 Å². The Bertz CT molecular complexity index is 969. The predicted octanol–water partition coefficient (Wildman–Crippen LogP) is 1.66. The predicted molar refractivity (Wildman–Crippen MR) is 90.2 cm³/mol. The van der Waals surface area contributed by atoms with Crippen molar-refractivity contribution < 1.29 is 38.3 Å². The number of benzene rings is 2. The number of carbonyl (C=O) groups excluding carboxylic acids is 1. The number of hydrogen-bond acceptors (Lipinski definition) is 8. The van der Waals surface area contributed by atoms with Crippen LogP contribution in [0.2, 0.25) is 0 Å². The van der Waals surface area contributed by atoms with E-state index >= 15 is 0 Å². The molecule has 0 unspecified atom stereocenters. The maximum absolute atomic E-state index is 13.3. The standard InChI is InChI=1S/C19H16O8/c1-22-9-3-4-10-12(5-9)27-14-7-24-15-11(19(14,21)18(10)20)6-13(23-2)16-17(15)26-8-25-16/h3-6,14,21H,7-8H2,1-2H3/t14-,19-/m1/s1. The van der Waals surface area contributed by atoms with Crippen molar-refractivity contribution in [3.63, 3.8) is 0 Å². The third kappa shape index (κ3) is 1.98. The van der Waals surface area contributed by atoms with Crippen LogP contribution in [-0.2, 0) is 5.60 Å². The highest BCUT2D eigenvalue weighted by Crippen LogP contribution is 2.56. The Hall–Kier alpha value is -3.13. The quantitative estimate of drug-likeness (QED) is 0.851. The molecule has 0 bridgehead atoms. The summed E-state index contributed by atoms with van der Waals surface area (Å²) in [5.41, 5.74) is -1.45. The molecule has 3 aliphatic heterocycles. The van der Waals surface area contributed by atoms with Crippen LogP contribution in [-0.4, -0.2) is 44.6 Å². The van der Waals surface area contributed by atoms with Gasteiger partial charge in [-0.1, -0.05) is 0 Å². The van der Waals surface area contributed by atoms with Crippen LogP contribution in [0.5, 0.6) is 34.5 Å². The molecule has 2 atom stereocenters. The summed E-state index contributed by atoms with van der Waals surface area (Å²) in [4.78, 5) is 13.3. The molecule has 2 aromatic carbocycles. The molecule has 3 aliphatic rings. The van der Waals surface area contributed by atoms with Crippen LogP contribution in [0.1, 0.15) is 15.9 Å². The van der Waals surface area contributed by atoms with Crippen LogP contribution in [0.3, 0.4) is 0 Å². The molecule has 0 aromatic heterocycles. The lowest BCUT2D eigenvalue weighted by Crippen LogP contribution is -2.57. The number of carbonyl (C=O) groups is 1. The average molecular weight is 372 g/mol. The molecular weight excluding hydrogens is 356 g/mol. The largest absolute Gasteiger partial charge is 0.497 e. The van der Waals surface area contributed by atoms with Crippen LogP contribution in [0.25, 0.3) is 0 Å². The molecule has 0 fully saturated rings. The van der Waals surface area contributed by atoms with Crippen molar-refractivity contribution in [1.29, 1.82) is 0 Å². The molecule has 8 heteroatoms. The van der Waals surface area contributed by atoms with Crippen molar-refractivity contribution >= 4 is 5.78 Å². The summed E-state index contributed by atoms with van der Waals surface area (Å²) < 4.78 is 33.1. The van der Waals surface area contributed by atoms with Crippen LogP contribution in [0.15, 0.2) is 24.3 Å². The molecule has 0 spiro atoms. The van der Waals surface area contributed by atoms with Gasteiger partial charge in [0.15, 0.2) is 23.2 Å². The van der Waals surface area contributed by atoms with E-state index in [2.05, 4.69) is 0 Å². The first kappa shape index (κ1) is 16.1. The van der Waals surface area contributed by atoms with Crippen LogP contribution in [0, 0.1) is 0 Å². The molecule has 0 saturated heterocycles. The summed E-state index contributed by atoms with van der Waals surface area (Å²) in [6.45, 7) is -0.0333. The van der Waals surface area contributed by atoms with Gasteiger partial charge in [-0.2, -0.15) is 0 Å². The number of ketones is 1. The van der Waals surface area contributed by atoms with Crippen molar-refractivity contribution in [3.8, 4) is 34.5 Å². The van der Waals surface area contributed by atoms with Crippen LogP contribution in [0.4, 0.5) is 0 Å². The second-order valence-electron chi connectivity index (χ2n) is 6.40. The monoisotopic (exact) mass is 372 g/mol. The number of Topliss-reactive ketones (excluding diaryl/α,β-unsaturated/α-hetero) is 1. The van der Waals surface area contributed by atoms with Crippen molar-refractivity contribution in [2.45, 2.75) is 11.7 Å². The average Bonchev–Trinajstić information content (AvgIpc) is 3.18. The zero-order chi connectivity index (χ0) is 18.8. The van der Waals surface area contributed by atoms with Gasteiger partial charge in [-0.3, -0.25) is 4.79 Å². The van der Waals surface area contributed by atoms with Gasteiger partial charge in [-0.25, -0.2) is 0 Å². The maximum atomic E-state index is 13.3. The third-order valence-electron chi connectivity index (χ3n) is 5.09. The maximum Gasteiger partial charge on any atom is 0.231 e. The lowest BCUT2D eigenvalue weighted by atomic mass is 9.77. The second kappa shape index (κ2) is 5.43. The summed E-state index contributed by atoms with van der Waals surface area (Å²) in [6.07, 6.45) is -0.929. The van der Waals surface area contributed by atoms with E-state index in [1.165, 1.54) is 20.3 Å². The molecule has 0 saturated carbocycles. The number of methoxy groups -OCH3 is 2. The molecule has 0 aliphatic carbocycles. The number of aliphatic hydroxyl groups is 1. The van der Waals surface area contributed by atoms with Gasteiger partial charge in [0.25, 0.3) is 0 Å². The lowest BCUT2D eigenvalue weighted by Gasteiger charge is -2.43. The molecule has 2 aromatic rings. The fourth-order valence-corrected chi connectivity index (χ4v) is 3.71. The van der Waals surface area contributed by atoms with Gasteiger partial charge >= 0.3 is 0 Å². The highest BCUT2D eigenvalue weighted by Gasteiger charge is 2.57. The van der Waals surface area contributed by atoms with E-state index in [1.54, 1.807) is 18.2 Å². The normalized spacial score (nSPS) is 24.1. The van der Waals surface area contributed by atoms with Gasteiger partial charge < -0.3 is 33.5 Å². The summed E-state index contributed by atoms with van der Waals surface area (Å²) in [7, 11) is 2.99. The van der Waals surface area contributed by atoms with Gasteiger partial charge in [-0.15, -0.1) is 0 Å². The zero-order valence-corrected chi connectivity index (χ0v) is 14.6. The minimum atomic E-state index is -1.94. The van der Waals surface area contributed by atoms with E-state index in [4.69, 9.17) is 28.4 Å². The van der Waals surface area contributed by atoms with Crippen molar-refractivity contribution in [1.82, 2.24) is 0 Å². The zero-order valence-electron chi connectivity index (χ0n) is 14.6. The second-order valence-corrected chi connectivity index (χ2v) is 6.40.